The summed E-state index contributed by atoms with van der Waals surface area (Å²) < 4.78 is 5.36. The van der Waals surface area contributed by atoms with Crippen molar-refractivity contribution in [3.63, 3.8) is 0 Å². The molecule has 6 heteroatoms. The average molecular weight is 344 g/mol. The number of hydrogen-bond acceptors (Lipinski definition) is 4. The Bertz CT molecular complexity index is 743. The van der Waals surface area contributed by atoms with Gasteiger partial charge in [0, 0.05) is 30.4 Å². The van der Waals surface area contributed by atoms with E-state index in [1.807, 2.05) is 18.2 Å². The standard InChI is InChI=1S/C18H18ClN3O2/c19-15-4-1-3-14(13-15)6-7-17(23)21-16-5-2-8-20-18(16)22-9-11-24-12-10-22/h1-8,13H,9-12H2,(H,21,23)/b7-6+. The Kier molecular flexibility index (Phi) is 5.46. The lowest BCUT2D eigenvalue weighted by Gasteiger charge is -2.29. The van der Waals surface area contributed by atoms with Crippen molar-refractivity contribution in [3.8, 4) is 0 Å². The first kappa shape index (κ1) is 16.5. The number of hydrogen-bond donors (Lipinski definition) is 1. The number of benzene rings is 1. The van der Waals surface area contributed by atoms with Crippen molar-refractivity contribution in [2.24, 2.45) is 0 Å². The van der Waals surface area contributed by atoms with Gasteiger partial charge in [-0.25, -0.2) is 4.98 Å². The Hall–Kier alpha value is -2.37. The van der Waals surface area contributed by atoms with Crippen molar-refractivity contribution in [1.29, 1.82) is 0 Å². The summed E-state index contributed by atoms with van der Waals surface area (Å²) in [6.07, 6.45) is 4.94. The highest BCUT2D eigenvalue weighted by molar-refractivity contribution is 6.30. The summed E-state index contributed by atoms with van der Waals surface area (Å²) in [5.74, 6) is 0.558. The molecule has 5 nitrogen and oxygen atoms in total. The highest BCUT2D eigenvalue weighted by Gasteiger charge is 2.16. The molecule has 24 heavy (non-hydrogen) atoms. The van der Waals surface area contributed by atoms with Crippen LogP contribution in [0.1, 0.15) is 5.56 Å². The van der Waals surface area contributed by atoms with E-state index >= 15 is 0 Å². The Morgan fingerprint density at radius 2 is 2.08 bits per heavy atom. The molecule has 0 aliphatic carbocycles. The summed E-state index contributed by atoms with van der Waals surface area (Å²) in [5, 5.41) is 3.53. The second-order valence-electron chi connectivity index (χ2n) is 5.35. The second kappa shape index (κ2) is 7.95. The van der Waals surface area contributed by atoms with Gasteiger partial charge in [-0.3, -0.25) is 4.79 Å². The molecule has 0 radical (unpaired) electrons. The van der Waals surface area contributed by atoms with Gasteiger partial charge in [-0.15, -0.1) is 0 Å². The third-order valence-corrected chi connectivity index (χ3v) is 3.87. The third-order valence-electron chi connectivity index (χ3n) is 3.63. The Labute approximate surface area is 145 Å². The molecule has 1 saturated heterocycles. The summed E-state index contributed by atoms with van der Waals surface area (Å²) in [6, 6.07) is 11.0. The molecule has 1 aliphatic rings. The molecule has 1 N–H and O–H groups in total. The molecule has 0 atom stereocenters. The minimum Gasteiger partial charge on any atom is -0.378 e. The predicted molar refractivity (Wildman–Crippen MR) is 96.4 cm³/mol. The first-order valence-electron chi connectivity index (χ1n) is 7.75. The molecule has 3 rings (SSSR count). The average Bonchev–Trinajstić information content (AvgIpc) is 2.61. The molecule has 124 valence electrons. The number of rotatable bonds is 4. The van der Waals surface area contributed by atoms with E-state index in [4.69, 9.17) is 16.3 Å². The smallest absolute Gasteiger partial charge is 0.248 e. The fourth-order valence-corrected chi connectivity index (χ4v) is 2.68. The molecule has 0 unspecified atom stereocenters. The number of ether oxygens (including phenoxy) is 1. The van der Waals surface area contributed by atoms with Crippen LogP contribution in [0.4, 0.5) is 11.5 Å². The number of aromatic nitrogens is 1. The molecule has 1 amide bonds. The van der Waals surface area contributed by atoms with Gasteiger partial charge in [0.25, 0.3) is 0 Å². The normalized spacial score (nSPS) is 14.8. The molecule has 0 saturated carbocycles. The monoisotopic (exact) mass is 343 g/mol. The van der Waals surface area contributed by atoms with Gasteiger partial charge in [-0.05, 0) is 35.9 Å². The van der Waals surface area contributed by atoms with Crippen molar-refractivity contribution in [1.82, 2.24) is 4.98 Å². The number of halogens is 1. The van der Waals surface area contributed by atoms with Crippen molar-refractivity contribution in [3.05, 3.63) is 59.3 Å². The fourth-order valence-electron chi connectivity index (χ4n) is 2.48. The number of amides is 1. The zero-order valence-corrected chi connectivity index (χ0v) is 13.9. The van der Waals surface area contributed by atoms with Gasteiger partial charge in [-0.1, -0.05) is 23.7 Å². The lowest BCUT2D eigenvalue weighted by molar-refractivity contribution is -0.111. The van der Waals surface area contributed by atoms with E-state index in [-0.39, 0.29) is 5.91 Å². The third kappa shape index (κ3) is 4.34. The maximum atomic E-state index is 12.2. The Morgan fingerprint density at radius 1 is 1.25 bits per heavy atom. The van der Waals surface area contributed by atoms with Crippen molar-refractivity contribution >= 4 is 35.1 Å². The van der Waals surface area contributed by atoms with Crippen LogP contribution in [0.2, 0.25) is 5.02 Å². The Balaban J connectivity index is 1.70. The van der Waals surface area contributed by atoms with E-state index in [0.29, 0.717) is 23.9 Å². The van der Waals surface area contributed by atoms with Crippen molar-refractivity contribution in [2.75, 3.05) is 36.5 Å². The summed E-state index contributed by atoms with van der Waals surface area (Å²) in [7, 11) is 0. The molecular formula is C18H18ClN3O2. The number of anilines is 2. The SMILES string of the molecule is O=C(/C=C/c1cccc(Cl)c1)Nc1cccnc1N1CCOCC1. The van der Waals surface area contributed by atoms with Gasteiger partial charge in [0.15, 0.2) is 5.82 Å². The van der Waals surface area contributed by atoms with E-state index < -0.39 is 0 Å². The first-order chi connectivity index (χ1) is 11.7. The first-order valence-corrected chi connectivity index (χ1v) is 8.12. The second-order valence-corrected chi connectivity index (χ2v) is 5.79. The lowest BCUT2D eigenvalue weighted by Crippen LogP contribution is -2.37. The van der Waals surface area contributed by atoms with E-state index in [2.05, 4.69) is 15.2 Å². The predicted octanol–water partition coefficient (Wildman–Crippen LogP) is 3.22. The topological polar surface area (TPSA) is 54.5 Å². The van der Waals surface area contributed by atoms with Crippen LogP contribution in [0.5, 0.6) is 0 Å². The summed E-state index contributed by atoms with van der Waals surface area (Å²) in [4.78, 5) is 18.7. The minimum absolute atomic E-state index is 0.211. The molecule has 1 aromatic carbocycles. The van der Waals surface area contributed by atoms with Crippen LogP contribution in [-0.4, -0.2) is 37.2 Å². The minimum atomic E-state index is -0.211. The van der Waals surface area contributed by atoms with Gasteiger partial charge in [0.1, 0.15) is 0 Å². The number of carbonyl (C=O) groups is 1. The zero-order valence-electron chi connectivity index (χ0n) is 13.1. The van der Waals surface area contributed by atoms with E-state index in [1.165, 1.54) is 6.08 Å². The fraction of sp³-hybridized carbons (Fsp3) is 0.222. The molecule has 0 spiro atoms. The van der Waals surface area contributed by atoms with Gasteiger partial charge in [-0.2, -0.15) is 0 Å². The van der Waals surface area contributed by atoms with Crippen LogP contribution >= 0.6 is 11.6 Å². The van der Waals surface area contributed by atoms with Gasteiger partial charge in [0.05, 0.1) is 18.9 Å². The van der Waals surface area contributed by atoms with Gasteiger partial charge in [0.2, 0.25) is 5.91 Å². The lowest BCUT2D eigenvalue weighted by atomic mass is 10.2. The number of carbonyl (C=O) groups excluding carboxylic acids is 1. The largest absolute Gasteiger partial charge is 0.378 e. The maximum Gasteiger partial charge on any atom is 0.248 e. The molecule has 1 aliphatic heterocycles. The van der Waals surface area contributed by atoms with Crippen LogP contribution in [0.3, 0.4) is 0 Å². The quantitative estimate of drug-likeness (QED) is 0.866. The number of morpholine rings is 1. The Morgan fingerprint density at radius 3 is 2.88 bits per heavy atom. The maximum absolute atomic E-state index is 12.2. The van der Waals surface area contributed by atoms with Gasteiger partial charge >= 0.3 is 0 Å². The molecule has 0 bridgehead atoms. The van der Waals surface area contributed by atoms with Crippen LogP contribution < -0.4 is 10.2 Å². The highest BCUT2D eigenvalue weighted by atomic mass is 35.5. The number of nitrogens with one attached hydrogen (secondary N) is 1. The van der Waals surface area contributed by atoms with Crippen molar-refractivity contribution in [2.45, 2.75) is 0 Å². The molecular weight excluding hydrogens is 326 g/mol. The summed E-state index contributed by atoms with van der Waals surface area (Å²) in [6.45, 7) is 2.85. The van der Waals surface area contributed by atoms with E-state index in [9.17, 15) is 4.79 Å². The molecule has 2 heterocycles. The highest BCUT2D eigenvalue weighted by Crippen LogP contribution is 2.23. The van der Waals surface area contributed by atoms with Gasteiger partial charge < -0.3 is 15.0 Å². The summed E-state index contributed by atoms with van der Waals surface area (Å²) >= 11 is 5.94. The number of pyridine rings is 1. The number of nitrogens with zero attached hydrogens (tertiary/aromatic N) is 2. The summed E-state index contributed by atoms with van der Waals surface area (Å²) in [5.41, 5.74) is 1.57. The van der Waals surface area contributed by atoms with Crippen molar-refractivity contribution < 1.29 is 9.53 Å². The van der Waals surface area contributed by atoms with Crippen LogP contribution in [-0.2, 0) is 9.53 Å². The zero-order chi connectivity index (χ0) is 16.8. The van der Waals surface area contributed by atoms with Crippen LogP contribution in [0.25, 0.3) is 6.08 Å². The van der Waals surface area contributed by atoms with E-state index in [1.54, 1.807) is 30.5 Å². The molecule has 2 aromatic rings. The van der Waals surface area contributed by atoms with E-state index in [0.717, 1.165) is 24.5 Å². The molecule has 1 aromatic heterocycles. The molecule has 1 fully saturated rings. The van der Waals surface area contributed by atoms with Crippen LogP contribution in [0, 0.1) is 0 Å². The van der Waals surface area contributed by atoms with Crippen LogP contribution in [0.15, 0.2) is 48.7 Å².